The highest BCUT2D eigenvalue weighted by atomic mass is 35.5. The molecule has 1 fully saturated rings. The quantitative estimate of drug-likeness (QED) is 0.723. The van der Waals surface area contributed by atoms with E-state index in [4.69, 9.17) is 16.3 Å². The van der Waals surface area contributed by atoms with Crippen molar-refractivity contribution in [3.05, 3.63) is 65.9 Å². The number of benzene rings is 2. The number of hydrogen-bond donors (Lipinski definition) is 2. The second-order valence-corrected chi connectivity index (χ2v) is 6.66. The lowest BCUT2D eigenvalue weighted by molar-refractivity contribution is 0.181. The molecule has 1 aliphatic rings. The molecule has 2 N–H and O–H groups in total. The summed E-state index contributed by atoms with van der Waals surface area (Å²) in [7, 11) is 0. The molecular weight excluding hydrogens is 366 g/mol. The second kappa shape index (κ2) is 7.77. The summed E-state index contributed by atoms with van der Waals surface area (Å²) < 4.78 is 7.18. The SMILES string of the molecule is O=C(Nc1cc(-c2ccccc2)ccc1Cl)N[C@H]1COC[C@H]1n1ccnn1. The van der Waals surface area contributed by atoms with Gasteiger partial charge < -0.3 is 15.4 Å². The Hall–Kier alpha value is -2.90. The molecular formula is C19H18ClN5O2. The summed E-state index contributed by atoms with van der Waals surface area (Å²) in [5, 5.41) is 14.0. The number of rotatable bonds is 4. The maximum absolute atomic E-state index is 12.5. The first kappa shape index (κ1) is 17.5. The first-order valence-electron chi connectivity index (χ1n) is 8.57. The van der Waals surface area contributed by atoms with E-state index in [2.05, 4.69) is 20.9 Å². The normalized spacial score (nSPS) is 19.0. The number of nitrogens with one attached hydrogen (secondary N) is 2. The molecule has 3 aromatic rings. The van der Waals surface area contributed by atoms with Crippen LogP contribution in [-0.2, 0) is 4.74 Å². The number of aromatic nitrogens is 3. The van der Waals surface area contributed by atoms with Crippen LogP contribution in [0.4, 0.5) is 10.5 Å². The van der Waals surface area contributed by atoms with Crippen LogP contribution in [0.25, 0.3) is 11.1 Å². The van der Waals surface area contributed by atoms with E-state index in [0.29, 0.717) is 23.9 Å². The summed E-state index contributed by atoms with van der Waals surface area (Å²) in [5.74, 6) is 0. The van der Waals surface area contributed by atoms with Crippen molar-refractivity contribution >= 4 is 23.3 Å². The van der Waals surface area contributed by atoms with E-state index in [1.807, 2.05) is 42.5 Å². The van der Waals surface area contributed by atoms with Crippen molar-refractivity contribution in [3.8, 4) is 11.1 Å². The zero-order valence-electron chi connectivity index (χ0n) is 14.4. The van der Waals surface area contributed by atoms with Gasteiger partial charge >= 0.3 is 6.03 Å². The van der Waals surface area contributed by atoms with Gasteiger partial charge in [0.25, 0.3) is 0 Å². The lowest BCUT2D eigenvalue weighted by Crippen LogP contribution is -2.43. The molecule has 0 saturated carbocycles. The van der Waals surface area contributed by atoms with Crippen LogP contribution in [0.1, 0.15) is 6.04 Å². The summed E-state index contributed by atoms with van der Waals surface area (Å²) in [6.07, 6.45) is 3.36. The molecule has 1 aromatic heterocycles. The van der Waals surface area contributed by atoms with Crippen LogP contribution in [0.2, 0.25) is 5.02 Å². The van der Waals surface area contributed by atoms with E-state index >= 15 is 0 Å². The second-order valence-electron chi connectivity index (χ2n) is 6.25. The minimum Gasteiger partial charge on any atom is -0.377 e. The molecule has 138 valence electrons. The van der Waals surface area contributed by atoms with Crippen LogP contribution in [0, 0.1) is 0 Å². The highest BCUT2D eigenvalue weighted by molar-refractivity contribution is 6.33. The zero-order chi connectivity index (χ0) is 18.6. The van der Waals surface area contributed by atoms with Crippen molar-refractivity contribution in [1.29, 1.82) is 0 Å². The molecule has 27 heavy (non-hydrogen) atoms. The standard InChI is InChI=1S/C19H18ClN5O2/c20-15-7-6-14(13-4-2-1-3-5-13)10-16(15)22-19(26)23-17-11-27-12-18(17)25-9-8-21-24-25/h1-10,17-18H,11-12H2,(H2,22,23,26)/t17-,18+/m0/s1. The molecule has 0 unspecified atom stereocenters. The van der Waals surface area contributed by atoms with Crippen LogP contribution in [0.3, 0.4) is 0 Å². The average molecular weight is 384 g/mol. The van der Waals surface area contributed by atoms with Gasteiger partial charge in [-0.25, -0.2) is 9.48 Å². The Bertz CT molecular complexity index is 917. The molecule has 1 aliphatic heterocycles. The van der Waals surface area contributed by atoms with Gasteiger partial charge in [0.2, 0.25) is 0 Å². The molecule has 2 atom stereocenters. The first-order chi connectivity index (χ1) is 13.2. The smallest absolute Gasteiger partial charge is 0.319 e. The van der Waals surface area contributed by atoms with Crippen molar-refractivity contribution in [2.75, 3.05) is 18.5 Å². The minimum absolute atomic E-state index is 0.0932. The van der Waals surface area contributed by atoms with Crippen molar-refractivity contribution in [1.82, 2.24) is 20.3 Å². The highest BCUT2D eigenvalue weighted by Gasteiger charge is 2.31. The lowest BCUT2D eigenvalue weighted by Gasteiger charge is -2.19. The van der Waals surface area contributed by atoms with E-state index in [1.165, 1.54) is 0 Å². The number of anilines is 1. The minimum atomic E-state index is -0.345. The van der Waals surface area contributed by atoms with Gasteiger partial charge in [-0.05, 0) is 23.3 Å². The number of carbonyl (C=O) groups excluding carboxylic acids is 1. The fraction of sp³-hybridized carbons (Fsp3) is 0.211. The third-order valence-electron chi connectivity index (χ3n) is 4.47. The summed E-state index contributed by atoms with van der Waals surface area (Å²) in [6.45, 7) is 0.883. The van der Waals surface area contributed by atoms with Gasteiger partial charge in [0, 0.05) is 6.20 Å². The third kappa shape index (κ3) is 3.94. The monoisotopic (exact) mass is 383 g/mol. The van der Waals surface area contributed by atoms with Crippen LogP contribution < -0.4 is 10.6 Å². The van der Waals surface area contributed by atoms with Crippen LogP contribution >= 0.6 is 11.6 Å². The van der Waals surface area contributed by atoms with Crippen molar-refractivity contribution in [3.63, 3.8) is 0 Å². The maximum Gasteiger partial charge on any atom is 0.319 e. The lowest BCUT2D eigenvalue weighted by atomic mass is 10.1. The third-order valence-corrected chi connectivity index (χ3v) is 4.80. The Morgan fingerprint density at radius 1 is 1.15 bits per heavy atom. The van der Waals surface area contributed by atoms with Crippen molar-refractivity contribution < 1.29 is 9.53 Å². The summed E-state index contributed by atoms with van der Waals surface area (Å²) in [5.41, 5.74) is 2.57. The van der Waals surface area contributed by atoms with E-state index in [9.17, 15) is 4.79 Å². The van der Waals surface area contributed by atoms with Gasteiger partial charge in [0.1, 0.15) is 0 Å². The largest absolute Gasteiger partial charge is 0.377 e. The van der Waals surface area contributed by atoms with Gasteiger partial charge in [0.05, 0.1) is 42.2 Å². The fourth-order valence-corrected chi connectivity index (χ4v) is 3.26. The number of ether oxygens (including phenoxy) is 1. The number of nitrogens with zero attached hydrogens (tertiary/aromatic N) is 3. The van der Waals surface area contributed by atoms with Crippen LogP contribution in [0.5, 0.6) is 0 Å². The fourth-order valence-electron chi connectivity index (χ4n) is 3.09. The predicted molar refractivity (Wildman–Crippen MR) is 103 cm³/mol. The maximum atomic E-state index is 12.5. The average Bonchev–Trinajstić information content (AvgIpc) is 3.36. The Labute approximate surface area is 161 Å². The number of urea groups is 1. The van der Waals surface area contributed by atoms with Gasteiger partial charge in [-0.1, -0.05) is 53.2 Å². The molecule has 0 radical (unpaired) electrons. The van der Waals surface area contributed by atoms with Crippen molar-refractivity contribution in [2.24, 2.45) is 0 Å². The molecule has 7 nitrogen and oxygen atoms in total. The number of hydrogen-bond acceptors (Lipinski definition) is 4. The summed E-state index contributed by atoms with van der Waals surface area (Å²) in [4.78, 5) is 12.5. The van der Waals surface area contributed by atoms with Gasteiger partial charge in [-0.15, -0.1) is 5.10 Å². The predicted octanol–water partition coefficient (Wildman–Crippen LogP) is 3.36. The number of halogens is 1. The van der Waals surface area contributed by atoms with Gasteiger partial charge in [-0.2, -0.15) is 0 Å². The topological polar surface area (TPSA) is 81.1 Å². The molecule has 0 aliphatic carbocycles. The molecule has 8 heteroatoms. The Morgan fingerprint density at radius 2 is 2.00 bits per heavy atom. The molecule has 2 heterocycles. The van der Waals surface area contributed by atoms with Crippen LogP contribution in [0.15, 0.2) is 60.9 Å². The molecule has 2 aromatic carbocycles. The van der Waals surface area contributed by atoms with Crippen LogP contribution in [-0.4, -0.2) is 40.3 Å². The molecule has 0 bridgehead atoms. The van der Waals surface area contributed by atoms with E-state index in [1.54, 1.807) is 23.1 Å². The van der Waals surface area contributed by atoms with Gasteiger partial charge in [-0.3, -0.25) is 0 Å². The molecule has 1 saturated heterocycles. The van der Waals surface area contributed by atoms with E-state index in [-0.39, 0.29) is 18.1 Å². The number of amides is 2. The Kier molecular flexibility index (Phi) is 5.04. The molecule has 4 rings (SSSR count). The summed E-state index contributed by atoms with van der Waals surface area (Å²) >= 11 is 6.26. The van der Waals surface area contributed by atoms with E-state index < -0.39 is 0 Å². The van der Waals surface area contributed by atoms with Gasteiger partial charge in [0.15, 0.2) is 0 Å². The molecule has 2 amide bonds. The highest BCUT2D eigenvalue weighted by Crippen LogP contribution is 2.29. The Balaban J connectivity index is 1.46. The van der Waals surface area contributed by atoms with E-state index in [0.717, 1.165) is 11.1 Å². The zero-order valence-corrected chi connectivity index (χ0v) is 15.1. The Morgan fingerprint density at radius 3 is 2.78 bits per heavy atom. The van der Waals surface area contributed by atoms with Crippen molar-refractivity contribution in [2.45, 2.75) is 12.1 Å². The number of carbonyl (C=O) groups is 1. The molecule has 0 spiro atoms. The first-order valence-corrected chi connectivity index (χ1v) is 8.94. The summed E-state index contributed by atoms with van der Waals surface area (Å²) in [6, 6.07) is 14.8.